The number of nitrogens with zero attached hydrogens (tertiary/aromatic N) is 3. The molecule has 1 heterocycles. The van der Waals surface area contributed by atoms with Gasteiger partial charge in [0.15, 0.2) is 5.82 Å². The highest BCUT2D eigenvalue weighted by Gasteiger charge is 2.18. The summed E-state index contributed by atoms with van der Waals surface area (Å²) in [5.41, 5.74) is 2.26. The Morgan fingerprint density at radius 1 is 1.04 bits per heavy atom. The van der Waals surface area contributed by atoms with Gasteiger partial charge in [-0.05, 0) is 56.3 Å². The van der Waals surface area contributed by atoms with E-state index >= 15 is 0 Å². The van der Waals surface area contributed by atoms with E-state index in [-0.39, 0.29) is 16.8 Å². The first-order valence-corrected chi connectivity index (χ1v) is 9.55. The number of hydrogen-bond acceptors (Lipinski definition) is 5. The molecule has 2 aromatic carbocycles. The van der Waals surface area contributed by atoms with Crippen molar-refractivity contribution in [1.29, 1.82) is 0 Å². The number of sulfonamides is 1. The summed E-state index contributed by atoms with van der Waals surface area (Å²) in [5.74, 6) is 0.240. The van der Waals surface area contributed by atoms with Gasteiger partial charge in [0.05, 0.1) is 15.9 Å². The third-order valence-corrected chi connectivity index (χ3v) is 5.08. The van der Waals surface area contributed by atoms with Gasteiger partial charge in [0.25, 0.3) is 0 Å². The van der Waals surface area contributed by atoms with Gasteiger partial charge in [-0.3, -0.25) is 0 Å². The van der Waals surface area contributed by atoms with Crippen molar-refractivity contribution < 1.29 is 12.8 Å². The van der Waals surface area contributed by atoms with Crippen LogP contribution in [0.15, 0.2) is 47.4 Å². The van der Waals surface area contributed by atoms with E-state index < -0.39 is 10.0 Å². The predicted octanol–water partition coefficient (Wildman–Crippen LogP) is 2.93. The van der Waals surface area contributed by atoms with Crippen molar-refractivity contribution in [2.75, 3.05) is 11.9 Å². The van der Waals surface area contributed by atoms with Crippen molar-refractivity contribution >= 4 is 26.9 Å². The van der Waals surface area contributed by atoms with E-state index in [4.69, 9.17) is 5.14 Å². The standard InChI is InChI=1S/C18H19FN4O2S/c1-11(2)23(3)18-17(12-4-6-13(19)7-5-12)21-15-9-8-14(26(20,24)25)10-16(15)22-18/h4-11H,1-3H3,(H2,20,24,25). The highest BCUT2D eigenvalue weighted by atomic mass is 32.2. The minimum Gasteiger partial charge on any atom is -0.355 e. The van der Waals surface area contributed by atoms with Crippen molar-refractivity contribution in [2.24, 2.45) is 5.14 Å². The number of primary sulfonamides is 1. The molecule has 26 heavy (non-hydrogen) atoms. The zero-order valence-electron chi connectivity index (χ0n) is 14.6. The summed E-state index contributed by atoms with van der Waals surface area (Å²) in [5, 5.41) is 5.21. The fourth-order valence-electron chi connectivity index (χ4n) is 2.49. The summed E-state index contributed by atoms with van der Waals surface area (Å²) >= 11 is 0. The molecule has 0 fully saturated rings. The van der Waals surface area contributed by atoms with Crippen LogP contribution in [0.25, 0.3) is 22.3 Å². The van der Waals surface area contributed by atoms with Crippen molar-refractivity contribution in [2.45, 2.75) is 24.8 Å². The van der Waals surface area contributed by atoms with Crippen LogP contribution in [0.5, 0.6) is 0 Å². The summed E-state index contributed by atoms with van der Waals surface area (Å²) < 4.78 is 36.5. The number of aromatic nitrogens is 2. The van der Waals surface area contributed by atoms with Gasteiger partial charge in [0.2, 0.25) is 10.0 Å². The molecule has 2 N–H and O–H groups in total. The maximum Gasteiger partial charge on any atom is 0.238 e. The van der Waals surface area contributed by atoms with E-state index in [0.717, 1.165) is 5.56 Å². The Morgan fingerprint density at radius 3 is 2.27 bits per heavy atom. The lowest BCUT2D eigenvalue weighted by Gasteiger charge is -2.25. The number of nitrogens with two attached hydrogens (primary N) is 1. The molecule has 0 unspecified atom stereocenters. The second-order valence-corrected chi connectivity index (χ2v) is 7.86. The molecule has 0 saturated carbocycles. The second-order valence-electron chi connectivity index (χ2n) is 6.30. The number of benzene rings is 2. The predicted molar refractivity (Wildman–Crippen MR) is 99.8 cm³/mol. The SMILES string of the molecule is CC(C)N(C)c1nc2cc(S(N)(=O)=O)ccc2nc1-c1ccc(F)cc1. The quantitative estimate of drug-likeness (QED) is 0.758. The Kier molecular flexibility index (Phi) is 4.64. The molecule has 0 aliphatic rings. The van der Waals surface area contributed by atoms with Crippen LogP contribution in [0.2, 0.25) is 0 Å². The Hall–Kier alpha value is -2.58. The first-order chi connectivity index (χ1) is 12.2. The summed E-state index contributed by atoms with van der Waals surface area (Å²) in [6.07, 6.45) is 0. The van der Waals surface area contributed by atoms with Crippen LogP contribution in [-0.4, -0.2) is 31.5 Å². The molecule has 0 bridgehead atoms. The maximum absolute atomic E-state index is 13.3. The van der Waals surface area contributed by atoms with Crippen LogP contribution in [0, 0.1) is 5.82 Å². The van der Waals surface area contributed by atoms with E-state index in [9.17, 15) is 12.8 Å². The zero-order chi connectivity index (χ0) is 19.1. The number of fused-ring (bicyclic) bond motifs is 1. The summed E-state index contributed by atoms with van der Waals surface area (Å²) in [7, 11) is -1.96. The summed E-state index contributed by atoms with van der Waals surface area (Å²) in [6, 6.07) is 10.5. The molecule has 0 aliphatic carbocycles. The monoisotopic (exact) mass is 374 g/mol. The molecule has 3 aromatic rings. The molecule has 0 radical (unpaired) electrons. The van der Waals surface area contributed by atoms with Gasteiger partial charge in [-0.25, -0.2) is 27.9 Å². The smallest absolute Gasteiger partial charge is 0.238 e. The van der Waals surface area contributed by atoms with Gasteiger partial charge in [-0.1, -0.05) is 0 Å². The van der Waals surface area contributed by atoms with Crippen molar-refractivity contribution in [3.05, 3.63) is 48.3 Å². The topological polar surface area (TPSA) is 89.2 Å². The van der Waals surface area contributed by atoms with Gasteiger partial charge >= 0.3 is 0 Å². The Labute approximate surface area is 151 Å². The van der Waals surface area contributed by atoms with Gasteiger partial charge in [-0.2, -0.15) is 0 Å². The van der Waals surface area contributed by atoms with E-state index in [1.54, 1.807) is 18.2 Å². The van der Waals surface area contributed by atoms with E-state index in [0.29, 0.717) is 22.5 Å². The van der Waals surface area contributed by atoms with Gasteiger partial charge in [-0.15, -0.1) is 0 Å². The molecule has 136 valence electrons. The van der Waals surface area contributed by atoms with Crippen LogP contribution < -0.4 is 10.0 Å². The lowest BCUT2D eigenvalue weighted by molar-refractivity contribution is 0.598. The van der Waals surface area contributed by atoms with Crippen LogP contribution >= 0.6 is 0 Å². The summed E-state index contributed by atoms with van der Waals surface area (Å²) in [6.45, 7) is 4.00. The minimum absolute atomic E-state index is 0.0213. The number of rotatable bonds is 4. The lowest BCUT2D eigenvalue weighted by Crippen LogP contribution is -2.27. The van der Waals surface area contributed by atoms with E-state index in [1.807, 2.05) is 25.8 Å². The molecular formula is C18H19FN4O2S. The molecule has 3 rings (SSSR count). The zero-order valence-corrected chi connectivity index (χ0v) is 15.5. The molecule has 0 amide bonds. The number of hydrogen-bond donors (Lipinski definition) is 1. The maximum atomic E-state index is 13.3. The molecule has 8 heteroatoms. The molecule has 0 aliphatic heterocycles. The minimum atomic E-state index is -3.83. The van der Waals surface area contributed by atoms with Gasteiger partial charge in [0, 0.05) is 18.7 Å². The number of anilines is 1. The fraction of sp³-hybridized carbons (Fsp3) is 0.222. The van der Waals surface area contributed by atoms with Crippen LogP contribution in [-0.2, 0) is 10.0 Å². The molecule has 6 nitrogen and oxygen atoms in total. The summed E-state index contributed by atoms with van der Waals surface area (Å²) in [4.78, 5) is 11.2. The van der Waals surface area contributed by atoms with Crippen LogP contribution in [0.4, 0.5) is 10.2 Å². The normalized spacial score (nSPS) is 11.9. The first kappa shape index (κ1) is 18.2. The first-order valence-electron chi connectivity index (χ1n) is 8.00. The second kappa shape index (κ2) is 6.62. The largest absolute Gasteiger partial charge is 0.355 e. The van der Waals surface area contributed by atoms with Crippen LogP contribution in [0.1, 0.15) is 13.8 Å². The Balaban J connectivity index is 2.28. The van der Waals surface area contributed by atoms with Crippen molar-refractivity contribution in [1.82, 2.24) is 9.97 Å². The Bertz CT molecular complexity index is 1070. The van der Waals surface area contributed by atoms with Gasteiger partial charge < -0.3 is 4.90 Å². The molecule has 1 aromatic heterocycles. The van der Waals surface area contributed by atoms with Crippen LogP contribution in [0.3, 0.4) is 0 Å². The average molecular weight is 374 g/mol. The average Bonchev–Trinajstić information content (AvgIpc) is 2.59. The molecule has 0 spiro atoms. The number of halogens is 1. The van der Waals surface area contributed by atoms with E-state index in [1.165, 1.54) is 24.3 Å². The highest BCUT2D eigenvalue weighted by Crippen LogP contribution is 2.30. The van der Waals surface area contributed by atoms with E-state index in [2.05, 4.69) is 9.97 Å². The van der Waals surface area contributed by atoms with Crippen molar-refractivity contribution in [3.63, 3.8) is 0 Å². The van der Waals surface area contributed by atoms with Crippen molar-refractivity contribution in [3.8, 4) is 11.3 Å². The molecular weight excluding hydrogens is 355 g/mol. The fourth-order valence-corrected chi connectivity index (χ4v) is 3.03. The molecule has 0 atom stereocenters. The highest BCUT2D eigenvalue weighted by molar-refractivity contribution is 7.89. The Morgan fingerprint density at radius 2 is 1.69 bits per heavy atom. The van der Waals surface area contributed by atoms with Gasteiger partial charge in [0.1, 0.15) is 11.5 Å². The third kappa shape index (κ3) is 3.51. The third-order valence-electron chi connectivity index (χ3n) is 4.17. The molecule has 0 saturated heterocycles. The lowest BCUT2D eigenvalue weighted by atomic mass is 10.1.